The van der Waals surface area contributed by atoms with Gasteiger partial charge in [-0.2, -0.15) is 0 Å². The highest BCUT2D eigenvalue weighted by atomic mass is 16.6. The van der Waals surface area contributed by atoms with Gasteiger partial charge in [0.1, 0.15) is 0 Å². The monoisotopic (exact) mass is 497 g/mol. The number of anilines is 1. The lowest BCUT2D eigenvalue weighted by atomic mass is 9.88. The molecule has 0 aliphatic carbocycles. The first-order valence-corrected chi connectivity index (χ1v) is 12.8. The summed E-state index contributed by atoms with van der Waals surface area (Å²) in [7, 11) is 0. The SMILES string of the molecule is CC1(NC2N=C(c3ccccc3)c3ccccc3NC2=O)NNC(c2ccccc2C2CCOCC2)O1. The van der Waals surface area contributed by atoms with E-state index in [9.17, 15) is 4.79 Å². The molecule has 3 aromatic rings. The van der Waals surface area contributed by atoms with E-state index in [2.05, 4.69) is 39.7 Å². The molecule has 3 atom stereocenters. The Kier molecular flexibility index (Phi) is 6.58. The number of benzene rings is 3. The molecular formula is C29H31N5O3. The fourth-order valence-corrected chi connectivity index (χ4v) is 5.28. The van der Waals surface area contributed by atoms with Crippen LogP contribution in [0.3, 0.4) is 0 Å². The van der Waals surface area contributed by atoms with Crippen molar-refractivity contribution in [1.29, 1.82) is 0 Å². The van der Waals surface area contributed by atoms with Crippen molar-refractivity contribution >= 4 is 17.3 Å². The fraction of sp³-hybridized carbons (Fsp3) is 0.310. The van der Waals surface area contributed by atoms with Crippen molar-refractivity contribution in [3.63, 3.8) is 0 Å². The van der Waals surface area contributed by atoms with Crippen molar-refractivity contribution in [3.8, 4) is 0 Å². The number of fused-ring (bicyclic) bond motifs is 1. The summed E-state index contributed by atoms with van der Waals surface area (Å²) in [6.45, 7) is 3.41. The molecule has 4 N–H and O–H groups in total. The minimum atomic E-state index is -1.04. The number of carbonyl (C=O) groups is 1. The van der Waals surface area contributed by atoms with Crippen molar-refractivity contribution < 1.29 is 14.3 Å². The molecular weight excluding hydrogens is 466 g/mol. The minimum Gasteiger partial charge on any atom is -0.381 e. The lowest BCUT2D eigenvalue weighted by molar-refractivity contribution is -0.123. The average molecular weight is 498 g/mol. The highest BCUT2D eigenvalue weighted by Crippen LogP contribution is 2.35. The van der Waals surface area contributed by atoms with Crippen LogP contribution in [0.5, 0.6) is 0 Å². The maximum atomic E-state index is 13.3. The number of para-hydroxylation sites is 1. The van der Waals surface area contributed by atoms with Gasteiger partial charge in [0.15, 0.2) is 18.2 Å². The first-order valence-electron chi connectivity index (χ1n) is 12.8. The van der Waals surface area contributed by atoms with Gasteiger partial charge in [-0.3, -0.25) is 9.79 Å². The molecule has 8 heteroatoms. The number of carbonyl (C=O) groups excluding carboxylic acids is 1. The molecule has 3 heterocycles. The van der Waals surface area contributed by atoms with Crippen LogP contribution in [0.25, 0.3) is 0 Å². The number of benzodiazepines with no additional fused rings is 1. The number of hydrazine groups is 1. The zero-order valence-corrected chi connectivity index (χ0v) is 20.7. The van der Waals surface area contributed by atoms with Crippen LogP contribution in [0.1, 0.15) is 54.2 Å². The Balaban J connectivity index is 1.27. The summed E-state index contributed by atoms with van der Waals surface area (Å²) in [4.78, 5) is 18.2. The molecule has 2 fully saturated rings. The maximum absolute atomic E-state index is 13.3. The number of nitrogens with one attached hydrogen (secondary N) is 4. The largest absolute Gasteiger partial charge is 0.381 e. The standard InChI is InChI=1S/C29H31N5O3/c1-29(34-33-28(37-29)22-12-6-5-11-21(22)19-15-17-36-18-16-19)32-26-27(35)30-24-14-8-7-13-23(24)25(31-26)20-9-3-2-4-10-20/h2-14,19,26,28,32-34H,15-18H2,1H3,(H,30,35). The van der Waals surface area contributed by atoms with Gasteiger partial charge in [0.2, 0.25) is 0 Å². The summed E-state index contributed by atoms with van der Waals surface area (Å²) in [5.74, 6) is -0.868. The highest BCUT2D eigenvalue weighted by molar-refractivity contribution is 6.19. The zero-order valence-electron chi connectivity index (χ0n) is 20.7. The third-order valence-electron chi connectivity index (χ3n) is 7.14. The van der Waals surface area contributed by atoms with E-state index in [0.717, 1.165) is 54.1 Å². The van der Waals surface area contributed by atoms with Crippen LogP contribution < -0.4 is 21.5 Å². The smallest absolute Gasteiger partial charge is 0.264 e. The highest BCUT2D eigenvalue weighted by Gasteiger charge is 2.41. The number of aliphatic imine (C=N–C) groups is 1. The van der Waals surface area contributed by atoms with Gasteiger partial charge in [0, 0.05) is 29.9 Å². The molecule has 3 aliphatic rings. The van der Waals surface area contributed by atoms with Crippen molar-refractivity contribution in [2.45, 2.75) is 43.9 Å². The molecule has 0 saturated carbocycles. The fourth-order valence-electron chi connectivity index (χ4n) is 5.28. The first-order chi connectivity index (χ1) is 18.1. The Morgan fingerprint density at radius 1 is 0.919 bits per heavy atom. The maximum Gasteiger partial charge on any atom is 0.264 e. The number of nitrogens with zero attached hydrogens (tertiary/aromatic N) is 1. The first kappa shape index (κ1) is 24.0. The van der Waals surface area contributed by atoms with Crippen LogP contribution in [0, 0.1) is 0 Å². The Labute approximate surface area is 216 Å². The van der Waals surface area contributed by atoms with Gasteiger partial charge in [-0.15, -0.1) is 0 Å². The second-order valence-electron chi connectivity index (χ2n) is 9.74. The van der Waals surface area contributed by atoms with E-state index in [0.29, 0.717) is 5.92 Å². The van der Waals surface area contributed by atoms with Crippen molar-refractivity contribution in [3.05, 3.63) is 101 Å². The second kappa shape index (κ2) is 10.2. The van der Waals surface area contributed by atoms with E-state index in [1.54, 1.807) is 0 Å². The van der Waals surface area contributed by atoms with Crippen LogP contribution in [-0.2, 0) is 14.3 Å². The van der Waals surface area contributed by atoms with Gasteiger partial charge in [0.05, 0.1) is 11.4 Å². The quantitative estimate of drug-likeness (QED) is 0.429. The minimum absolute atomic E-state index is 0.254. The topological polar surface area (TPSA) is 96.0 Å². The third kappa shape index (κ3) is 4.94. The Morgan fingerprint density at radius 3 is 2.43 bits per heavy atom. The molecule has 3 aromatic carbocycles. The second-order valence-corrected chi connectivity index (χ2v) is 9.74. The third-order valence-corrected chi connectivity index (χ3v) is 7.14. The Bertz CT molecular complexity index is 1310. The molecule has 0 radical (unpaired) electrons. The Hall–Kier alpha value is -3.40. The summed E-state index contributed by atoms with van der Waals surface area (Å²) in [5, 5.41) is 6.33. The van der Waals surface area contributed by atoms with E-state index >= 15 is 0 Å². The zero-order chi connectivity index (χ0) is 25.2. The van der Waals surface area contributed by atoms with Gasteiger partial charge >= 0.3 is 0 Å². The number of ether oxygens (including phenoxy) is 2. The van der Waals surface area contributed by atoms with Gasteiger partial charge in [-0.1, -0.05) is 72.8 Å². The summed E-state index contributed by atoms with van der Waals surface area (Å²) in [6, 6.07) is 26.0. The van der Waals surface area contributed by atoms with E-state index in [-0.39, 0.29) is 12.1 Å². The number of hydrogen-bond donors (Lipinski definition) is 4. The molecule has 37 heavy (non-hydrogen) atoms. The number of amides is 1. The number of hydrogen-bond acceptors (Lipinski definition) is 7. The lowest BCUT2D eigenvalue weighted by Crippen LogP contribution is -2.59. The summed E-state index contributed by atoms with van der Waals surface area (Å²) >= 11 is 0. The van der Waals surface area contributed by atoms with E-state index in [1.807, 2.05) is 67.6 Å². The molecule has 8 nitrogen and oxygen atoms in total. The summed E-state index contributed by atoms with van der Waals surface area (Å²) < 4.78 is 12.0. The number of rotatable bonds is 5. The molecule has 2 saturated heterocycles. The molecule has 0 bridgehead atoms. The lowest BCUT2D eigenvalue weighted by Gasteiger charge is -2.29. The van der Waals surface area contributed by atoms with Crippen molar-refractivity contribution in [1.82, 2.24) is 16.2 Å². The van der Waals surface area contributed by atoms with Crippen molar-refractivity contribution in [2.24, 2.45) is 4.99 Å². The van der Waals surface area contributed by atoms with Crippen LogP contribution in [0.2, 0.25) is 0 Å². The van der Waals surface area contributed by atoms with Gasteiger partial charge in [-0.05, 0) is 37.3 Å². The molecule has 6 rings (SSSR count). The van der Waals surface area contributed by atoms with Crippen molar-refractivity contribution in [2.75, 3.05) is 18.5 Å². The Morgan fingerprint density at radius 2 is 1.62 bits per heavy atom. The van der Waals surface area contributed by atoms with E-state index in [4.69, 9.17) is 14.5 Å². The molecule has 190 valence electrons. The van der Waals surface area contributed by atoms with E-state index < -0.39 is 12.0 Å². The van der Waals surface area contributed by atoms with Crippen LogP contribution in [-0.4, -0.2) is 36.8 Å². The molecule has 3 aliphatic heterocycles. The predicted molar refractivity (Wildman–Crippen MR) is 142 cm³/mol. The van der Waals surface area contributed by atoms with Crippen LogP contribution in [0.4, 0.5) is 5.69 Å². The predicted octanol–water partition coefficient (Wildman–Crippen LogP) is 3.78. The van der Waals surface area contributed by atoms with Gasteiger partial charge < -0.3 is 14.8 Å². The molecule has 3 unspecified atom stereocenters. The van der Waals surface area contributed by atoms with Gasteiger partial charge in [-0.25, -0.2) is 16.2 Å². The van der Waals surface area contributed by atoms with Crippen LogP contribution in [0.15, 0.2) is 83.9 Å². The normalized spacial score (nSPS) is 26.2. The summed E-state index contributed by atoms with van der Waals surface area (Å²) in [5.41, 5.74) is 12.1. The summed E-state index contributed by atoms with van der Waals surface area (Å²) in [6.07, 6.45) is 0.713. The van der Waals surface area contributed by atoms with Gasteiger partial charge in [0.25, 0.3) is 5.91 Å². The van der Waals surface area contributed by atoms with E-state index in [1.165, 1.54) is 5.56 Å². The average Bonchev–Trinajstić information content (AvgIpc) is 3.27. The van der Waals surface area contributed by atoms with Crippen LogP contribution >= 0.6 is 0 Å². The molecule has 0 spiro atoms. The molecule has 0 aromatic heterocycles. The molecule has 1 amide bonds.